The summed E-state index contributed by atoms with van der Waals surface area (Å²) in [5, 5.41) is 0. The molecule has 0 aromatic heterocycles. The van der Waals surface area contributed by atoms with Gasteiger partial charge in [-0.2, -0.15) is 0 Å². The maximum Gasteiger partial charge on any atom is 0.233 e. The van der Waals surface area contributed by atoms with Gasteiger partial charge in [-0.1, -0.05) is 70.0 Å². The van der Waals surface area contributed by atoms with Crippen molar-refractivity contribution in [3.63, 3.8) is 0 Å². The summed E-state index contributed by atoms with van der Waals surface area (Å²) in [5.74, 6) is -0.221. The number of anilines is 1. The van der Waals surface area contributed by atoms with Gasteiger partial charge >= 0.3 is 0 Å². The van der Waals surface area contributed by atoms with E-state index in [-0.39, 0.29) is 35.9 Å². The number of hydrogen-bond acceptors (Lipinski definition) is 3. The number of halogens is 2. The average Bonchev–Trinajstić information content (AvgIpc) is 2.93. The number of ether oxygens (including phenoxy) is 1. The molecule has 6 heteroatoms. The Bertz CT molecular complexity index is 1440. The van der Waals surface area contributed by atoms with E-state index >= 15 is 0 Å². The van der Waals surface area contributed by atoms with Crippen LogP contribution >= 0.6 is 15.9 Å². The van der Waals surface area contributed by atoms with Gasteiger partial charge in [-0.3, -0.25) is 9.59 Å². The zero-order valence-corrected chi connectivity index (χ0v) is 22.5. The Kier molecular flexibility index (Phi) is 7.70. The average molecular weight is 572 g/mol. The van der Waals surface area contributed by atoms with Gasteiger partial charge < -0.3 is 9.64 Å². The lowest BCUT2D eigenvalue weighted by Gasteiger charge is -2.48. The number of carbonyl (C=O) groups excluding carboxylic acids is 2. The van der Waals surface area contributed by atoms with Crippen molar-refractivity contribution in [2.75, 3.05) is 4.90 Å². The van der Waals surface area contributed by atoms with Gasteiger partial charge in [-0.15, -0.1) is 0 Å². The third-order valence-corrected chi connectivity index (χ3v) is 7.40. The van der Waals surface area contributed by atoms with Crippen LogP contribution in [0, 0.1) is 18.7 Å². The SMILES string of the molecule is Cc1ccc(N2C(=O)[C@H](CCC(=O)c3ccc(F)cc3)[C@H]2c2ccc(Br)cc2OCc2ccccc2)cc1. The number of nitrogens with zero attached hydrogens (tertiary/aromatic N) is 1. The van der Waals surface area contributed by atoms with E-state index in [0.29, 0.717) is 24.3 Å². The number of ketones is 1. The second-order valence-corrected chi connectivity index (χ2v) is 10.4. The van der Waals surface area contributed by atoms with Gasteiger partial charge in [0.05, 0.1) is 12.0 Å². The quantitative estimate of drug-likeness (QED) is 0.152. The minimum Gasteiger partial charge on any atom is -0.489 e. The summed E-state index contributed by atoms with van der Waals surface area (Å²) in [6, 6.07) is 28.9. The molecule has 4 aromatic rings. The fourth-order valence-corrected chi connectivity index (χ4v) is 5.20. The van der Waals surface area contributed by atoms with E-state index in [9.17, 15) is 14.0 Å². The van der Waals surface area contributed by atoms with Crippen molar-refractivity contribution in [2.24, 2.45) is 5.92 Å². The zero-order chi connectivity index (χ0) is 26.6. The van der Waals surface area contributed by atoms with E-state index in [0.717, 1.165) is 26.9 Å². The fourth-order valence-electron chi connectivity index (χ4n) is 4.86. The van der Waals surface area contributed by atoms with Crippen LogP contribution in [-0.4, -0.2) is 11.7 Å². The van der Waals surface area contributed by atoms with Crippen LogP contribution < -0.4 is 9.64 Å². The van der Waals surface area contributed by atoms with Crippen molar-refractivity contribution in [3.8, 4) is 5.75 Å². The molecule has 1 amide bonds. The lowest BCUT2D eigenvalue weighted by molar-refractivity contribution is -0.130. The molecule has 4 aromatic carbocycles. The standard InChI is InChI=1S/C32H27BrFNO3/c1-21-7-14-26(15-8-21)35-31(28(32(35)37)17-18-29(36)23-9-12-25(34)13-10-23)27-16-11-24(33)19-30(27)38-20-22-5-3-2-4-6-22/h2-16,19,28,31H,17-18,20H2,1H3/t28-,31-/m1/s1. The van der Waals surface area contributed by atoms with E-state index < -0.39 is 0 Å². The van der Waals surface area contributed by atoms with Crippen molar-refractivity contribution in [1.82, 2.24) is 0 Å². The predicted octanol–water partition coefficient (Wildman–Crippen LogP) is 7.84. The van der Waals surface area contributed by atoms with Crippen LogP contribution in [0.25, 0.3) is 0 Å². The zero-order valence-electron chi connectivity index (χ0n) is 20.9. The summed E-state index contributed by atoms with van der Waals surface area (Å²) in [6.07, 6.45) is 0.577. The molecule has 1 saturated heterocycles. The predicted molar refractivity (Wildman–Crippen MR) is 150 cm³/mol. The van der Waals surface area contributed by atoms with E-state index in [2.05, 4.69) is 15.9 Å². The van der Waals surface area contributed by atoms with Crippen LogP contribution in [-0.2, 0) is 11.4 Å². The highest BCUT2D eigenvalue weighted by molar-refractivity contribution is 9.10. The smallest absolute Gasteiger partial charge is 0.233 e. The highest BCUT2D eigenvalue weighted by atomic mass is 79.9. The van der Waals surface area contributed by atoms with E-state index in [1.165, 1.54) is 24.3 Å². The molecule has 0 aliphatic carbocycles. The van der Waals surface area contributed by atoms with E-state index in [1.54, 1.807) is 4.90 Å². The molecule has 0 unspecified atom stereocenters. The molecule has 1 fully saturated rings. The summed E-state index contributed by atoms with van der Waals surface area (Å²) < 4.78 is 20.5. The first-order valence-electron chi connectivity index (χ1n) is 12.6. The van der Waals surface area contributed by atoms with Gasteiger partial charge in [0, 0.05) is 27.7 Å². The molecule has 192 valence electrons. The number of Topliss-reactive ketones (excluding diaryl/α,β-unsaturated/α-hetero) is 1. The molecule has 0 radical (unpaired) electrons. The normalized spacial score (nSPS) is 16.7. The molecule has 5 rings (SSSR count). The van der Waals surface area contributed by atoms with Crippen LogP contribution in [0.2, 0.25) is 0 Å². The van der Waals surface area contributed by atoms with Crippen molar-refractivity contribution in [1.29, 1.82) is 0 Å². The lowest BCUT2D eigenvalue weighted by atomic mass is 9.78. The Morgan fingerprint density at radius 2 is 1.66 bits per heavy atom. The largest absolute Gasteiger partial charge is 0.489 e. The number of rotatable bonds is 9. The third-order valence-electron chi connectivity index (χ3n) is 6.91. The molecular weight excluding hydrogens is 545 g/mol. The van der Waals surface area contributed by atoms with Gasteiger partial charge in [-0.05, 0) is 67.4 Å². The van der Waals surface area contributed by atoms with Crippen molar-refractivity contribution in [2.45, 2.75) is 32.4 Å². The molecule has 38 heavy (non-hydrogen) atoms. The van der Waals surface area contributed by atoms with Gasteiger partial charge in [0.25, 0.3) is 0 Å². The van der Waals surface area contributed by atoms with Crippen LogP contribution in [0.15, 0.2) is 102 Å². The molecule has 0 spiro atoms. The first-order chi connectivity index (χ1) is 18.4. The fraction of sp³-hybridized carbons (Fsp3) is 0.188. The summed E-state index contributed by atoms with van der Waals surface area (Å²) in [4.78, 5) is 28.1. The molecule has 1 aliphatic rings. The summed E-state index contributed by atoms with van der Waals surface area (Å²) >= 11 is 3.56. The van der Waals surface area contributed by atoms with Crippen molar-refractivity contribution in [3.05, 3.63) is 130 Å². The summed E-state index contributed by atoms with van der Waals surface area (Å²) in [7, 11) is 0. The van der Waals surface area contributed by atoms with Crippen LogP contribution in [0.1, 0.15) is 45.9 Å². The molecule has 1 aliphatic heterocycles. The number of hydrogen-bond donors (Lipinski definition) is 0. The number of benzene rings is 4. The van der Waals surface area contributed by atoms with Crippen LogP contribution in [0.4, 0.5) is 10.1 Å². The number of carbonyl (C=O) groups is 2. The molecule has 0 saturated carbocycles. The highest BCUT2D eigenvalue weighted by Gasteiger charge is 2.49. The molecule has 0 N–H and O–H groups in total. The number of amides is 1. The van der Waals surface area contributed by atoms with Gasteiger partial charge in [-0.25, -0.2) is 4.39 Å². The van der Waals surface area contributed by atoms with Crippen LogP contribution in [0.5, 0.6) is 5.75 Å². The number of aryl methyl sites for hydroxylation is 1. The highest BCUT2D eigenvalue weighted by Crippen LogP contribution is 2.48. The second kappa shape index (κ2) is 11.3. The maximum atomic E-state index is 13.5. The lowest BCUT2D eigenvalue weighted by Crippen LogP contribution is -2.55. The van der Waals surface area contributed by atoms with Gasteiger partial charge in [0.1, 0.15) is 18.2 Å². The van der Waals surface area contributed by atoms with Crippen LogP contribution in [0.3, 0.4) is 0 Å². The third kappa shape index (κ3) is 5.55. The van der Waals surface area contributed by atoms with Gasteiger partial charge in [0.15, 0.2) is 5.78 Å². The second-order valence-electron chi connectivity index (χ2n) is 9.52. The topological polar surface area (TPSA) is 46.6 Å². The van der Waals surface area contributed by atoms with Crippen molar-refractivity contribution < 1.29 is 18.7 Å². The maximum absolute atomic E-state index is 13.5. The molecular formula is C32H27BrFNO3. The summed E-state index contributed by atoms with van der Waals surface area (Å²) in [6.45, 7) is 2.40. The van der Waals surface area contributed by atoms with Crippen molar-refractivity contribution >= 4 is 33.3 Å². The molecule has 1 heterocycles. The monoisotopic (exact) mass is 571 g/mol. The van der Waals surface area contributed by atoms with E-state index in [1.807, 2.05) is 79.7 Å². The first kappa shape index (κ1) is 25.9. The first-order valence-corrected chi connectivity index (χ1v) is 13.3. The number of β-lactam (4-membered cyclic amide) rings is 1. The van der Waals surface area contributed by atoms with E-state index in [4.69, 9.17) is 4.74 Å². The summed E-state index contributed by atoms with van der Waals surface area (Å²) in [5.41, 5.74) is 4.29. The molecule has 0 bridgehead atoms. The Balaban J connectivity index is 1.44. The van der Waals surface area contributed by atoms with Gasteiger partial charge in [0.2, 0.25) is 5.91 Å². The Morgan fingerprint density at radius 3 is 2.37 bits per heavy atom. The Labute approximate surface area is 230 Å². The minimum atomic E-state index is -0.388. The molecule has 4 nitrogen and oxygen atoms in total. The minimum absolute atomic E-state index is 0.0253. The molecule has 2 atom stereocenters. The Morgan fingerprint density at radius 1 is 0.947 bits per heavy atom. The Hall–Kier alpha value is -3.77.